The van der Waals surface area contributed by atoms with Crippen molar-refractivity contribution in [2.75, 3.05) is 5.32 Å². The molecule has 0 spiro atoms. The Morgan fingerprint density at radius 3 is 2.74 bits per heavy atom. The van der Waals surface area contributed by atoms with E-state index in [9.17, 15) is 13.6 Å². The molecule has 0 atom stereocenters. The molecule has 0 unspecified atom stereocenters. The van der Waals surface area contributed by atoms with Crippen LogP contribution < -0.4 is 5.32 Å². The van der Waals surface area contributed by atoms with Gasteiger partial charge in [-0.25, -0.2) is 8.78 Å². The summed E-state index contributed by atoms with van der Waals surface area (Å²) in [6.07, 6.45) is 0.603. The summed E-state index contributed by atoms with van der Waals surface area (Å²) in [5.74, 6) is -2.54. The van der Waals surface area contributed by atoms with Gasteiger partial charge in [0.2, 0.25) is 17.8 Å². The normalized spacial score (nSPS) is 19.3. The maximum Gasteiger partial charge on any atom is 0.248 e. The maximum absolute atomic E-state index is 13.0. The molecule has 3 N–H and O–H groups in total. The summed E-state index contributed by atoms with van der Waals surface area (Å²) in [6.45, 7) is -0.291. The maximum atomic E-state index is 13.0. The molecule has 1 aromatic rings. The number of aromatic amines is 1. The quantitative estimate of drug-likeness (QED) is 0.775. The largest absolute Gasteiger partial charge is 0.388 e. The zero-order valence-electron chi connectivity index (χ0n) is 10.3. The number of hydrogen-bond donors (Lipinski definition) is 3. The third kappa shape index (κ3) is 3.95. The van der Waals surface area contributed by atoms with Crippen molar-refractivity contribution < 1.29 is 18.7 Å². The highest BCUT2D eigenvalue weighted by Crippen LogP contribution is 2.37. The monoisotopic (exact) mass is 274 g/mol. The van der Waals surface area contributed by atoms with Gasteiger partial charge in [-0.3, -0.25) is 15.2 Å². The number of aromatic nitrogens is 3. The van der Waals surface area contributed by atoms with Gasteiger partial charge in [-0.15, -0.1) is 5.10 Å². The number of aliphatic hydroxyl groups excluding tert-OH is 1. The number of aliphatic hydroxyl groups is 1. The molecule has 1 aromatic heterocycles. The molecule has 6 nitrogen and oxygen atoms in total. The summed E-state index contributed by atoms with van der Waals surface area (Å²) in [7, 11) is 0. The van der Waals surface area contributed by atoms with E-state index < -0.39 is 5.92 Å². The number of carbonyl (C=O) groups is 1. The van der Waals surface area contributed by atoms with Crippen LogP contribution in [-0.4, -0.2) is 32.1 Å². The van der Waals surface area contributed by atoms with Gasteiger partial charge in [-0.1, -0.05) is 0 Å². The van der Waals surface area contributed by atoms with E-state index in [4.69, 9.17) is 5.11 Å². The Labute approximate surface area is 108 Å². The SMILES string of the molecule is O=C(CC1CCC(F)(F)CC1)Nc1n[nH]c(CO)n1. The van der Waals surface area contributed by atoms with Gasteiger partial charge in [0.15, 0.2) is 5.82 Å². The van der Waals surface area contributed by atoms with Crippen LogP contribution in [-0.2, 0) is 11.4 Å². The number of alkyl halides is 2. The highest BCUT2D eigenvalue weighted by atomic mass is 19.3. The highest BCUT2D eigenvalue weighted by molar-refractivity contribution is 5.89. The van der Waals surface area contributed by atoms with Gasteiger partial charge in [0.1, 0.15) is 6.61 Å². The number of carbonyl (C=O) groups excluding carboxylic acids is 1. The summed E-state index contributed by atoms with van der Waals surface area (Å²) in [5.41, 5.74) is 0. The molecule has 0 radical (unpaired) electrons. The van der Waals surface area contributed by atoms with Crippen LogP contribution in [0, 0.1) is 5.92 Å². The van der Waals surface area contributed by atoms with E-state index in [1.54, 1.807) is 0 Å². The number of nitrogens with zero attached hydrogens (tertiary/aromatic N) is 2. The van der Waals surface area contributed by atoms with Crippen molar-refractivity contribution in [3.63, 3.8) is 0 Å². The average molecular weight is 274 g/mol. The third-order valence-electron chi connectivity index (χ3n) is 3.24. The molecule has 0 saturated heterocycles. The molecule has 1 aliphatic rings. The number of rotatable bonds is 4. The molecule has 1 heterocycles. The van der Waals surface area contributed by atoms with Crippen molar-refractivity contribution in [1.29, 1.82) is 0 Å². The molecule has 0 aromatic carbocycles. The van der Waals surface area contributed by atoms with Crippen molar-refractivity contribution in [3.05, 3.63) is 5.82 Å². The molecule has 1 fully saturated rings. The second kappa shape index (κ2) is 5.60. The van der Waals surface area contributed by atoms with E-state index >= 15 is 0 Å². The van der Waals surface area contributed by atoms with E-state index in [2.05, 4.69) is 20.5 Å². The first-order chi connectivity index (χ1) is 8.98. The van der Waals surface area contributed by atoms with Crippen molar-refractivity contribution in [2.45, 2.75) is 44.6 Å². The first-order valence-electron chi connectivity index (χ1n) is 6.18. The molecule has 106 valence electrons. The Bertz CT molecular complexity index is 440. The van der Waals surface area contributed by atoms with Gasteiger partial charge in [-0.05, 0) is 18.8 Å². The fourth-order valence-electron chi connectivity index (χ4n) is 2.16. The lowest BCUT2D eigenvalue weighted by Crippen LogP contribution is -2.27. The lowest BCUT2D eigenvalue weighted by atomic mass is 9.84. The molecular weight excluding hydrogens is 258 g/mol. The van der Waals surface area contributed by atoms with Crippen LogP contribution in [0.25, 0.3) is 0 Å². The number of halogens is 2. The van der Waals surface area contributed by atoms with Crippen LogP contribution in [0.2, 0.25) is 0 Å². The van der Waals surface area contributed by atoms with Gasteiger partial charge < -0.3 is 5.11 Å². The summed E-state index contributed by atoms with van der Waals surface area (Å²) < 4.78 is 25.9. The fourth-order valence-corrected chi connectivity index (χ4v) is 2.16. The summed E-state index contributed by atoms with van der Waals surface area (Å²) in [6, 6.07) is 0. The molecule has 8 heteroatoms. The Hall–Kier alpha value is -1.57. The minimum atomic E-state index is -2.58. The Kier molecular flexibility index (Phi) is 4.08. The average Bonchev–Trinajstić information content (AvgIpc) is 2.79. The molecular formula is C11H16F2N4O2. The highest BCUT2D eigenvalue weighted by Gasteiger charge is 2.35. The van der Waals surface area contributed by atoms with Gasteiger partial charge >= 0.3 is 0 Å². The van der Waals surface area contributed by atoms with Crippen molar-refractivity contribution in [2.24, 2.45) is 5.92 Å². The Morgan fingerprint density at radius 1 is 1.47 bits per heavy atom. The molecule has 2 rings (SSSR count). The molecule has 19 heavy (non-hydrogen) atoms. The number of H-pyrrole nitrogens is 1. The van der Waals surface area contributed by atoms with Gasteiger partial charge in [0.25, 0.3) is 0 Å². The van der Waals surface area contributed by atoms with Crippen LogP contribution in [0.5, 0.6) is 0 Å². The minimum Gasteiger partial charge on any atom is -0.388 e. The zero-order chi connectivity index (χ0) is 13.9. The van der Waals surface area contributed by atoms with Crippen molar-refractivity contribution in [3.8, 4) is 0 Å². The lowest BCUT2D eigenvalue weighted by molar-refractivity contribution is -0.118. The van der Waals surface area contributed by atoms with Crippen molar-refractivity contribution in [1.82, 2.24) is 15.2 Å². The molecule has 0 bridgehead atoms. The predicted molar refractivity (Wildman–Crippen MR) is 62.5 cm³/mol. The van der Waals surface area contributed by atoms with E-state index in [0.717, 1.165) is 0 Å². The summed E-state index contributed by atoms with van der Waals surface area (Å²) in [5, 5.41) is 17.4. The van der Waals surface area contributed by atoms with Crippen LogP contribution in [0.15, 0.2) is 0 Å². The second-order valence-corrected chi connectivity index (χ2v) is 4.82. The van der Waals surface area contributed by atoms with Crippen LogP contribution in [0.1, 0.15) is 37.9 Å². The van der Waals surface area contributed by atoms with Crippen LogP contribution in [0.3, 0.4) is 0 Å². The van der Waals surface area contributed by atoms with Crippen molar-refractivity contribution >= 4 is 11.9 Å². The van der Waals surface area contributed by atoms with E-state index in [1.165, 1.54) is 0 Å². The standard InChI is InChI=1S/C11H16F2N4O2/c12-11(13)3-1-7(2-4-11)5-9(19)15-10-14-8(6-18)16-17-10/h7,18H,1-6H2,(H2,14,15,16,17,19). The number of nitrogens with one attached hydrogen (secondary N) is 2. The first kappa shape index (κ1) is 13.9. The molecule has 1 amide bonds. The molecule has 1 aliphatic carbocycles. The molecule has 0 aliphatic heterocycles. The van der Waals surface area contributed by atoms with E-state index in [-0.39, 0.29) is 49.5 Å². The van der Waals surface area contributed by atoms with Gasteiger partial charge in [-0.2, -0.15) is 4.98 Å². The second-order valence-electron chi connectivity index (χ2n) is 4.82. The predicted octanol–water partition coefficient (Wildman–Crippen LogP) is 1.45. The Morgan fingerprint density at radius 2 is 2.16 bits per heavy atom. The topological polar surface area (TPSA) is 90.9 Å². The number of anilines is 1. The van der Waals surface area contributed by atoms with E-state index in [1.807, 2.05) is 0 Å². The lowest BCUT2D eigenvalue weighted by Gasteiger charge is -2.27. The molecule has 1 saturated carbocycles. The number of amides is 1. The van der Waals surface area contributed by atoms with Gasteiger partial charge in [0.05, 0.1) is 0 Å². The zero-order valence-corrected chi connectivity index (χ0v) is 10.3. The van der Waals surface area contributed by atoms with Crippen LogP contribution in [0.4, 0.5) is 14.7 Å². The first-order valence-corrected chi connectivity index (χ1v) is 6.18. The summed E-state index contributed by atoms with van der Waals surface area (Å²) >= 11 is 0. The smallest absolute Gasteiger partial charge is 0.248 e. The van der Waals surface area contributed by atoms with Gasteiger partial charge in [0, 0.05) is 19.3 Å². The number of hydrogen-bond acceptors (Lipinski definition) is 4. The third-order valence-corrected chi connectivity index (χ3v) is 3.24. The fraction of sp³-hybridized carbons (Fsp3) is 0.727. The van der Waals surface area contributed by atoms with E-state index in [0.29, 0.717) is 12.8 Å². The Balaban J connectivity index is 1.78. The summed E-state index contributed by atoms with van der Waals surface area (Å²) in [4.78, 5) is 15.5. The minimum absolute atomic E-state index is 0.0177. The van der Waals surface area contributed by atoms with Crippen LogP contribution >= 0.6 is 0 Å².